The molecule has 0 atom stereocenters. The summed E-state index contributed by atoms with van der Waals surface area (Å²) in [7, 11) is 3.10. The number of benzene rings is 1. The van der Waals surface area contributed by atoms with Gasteiger partial charge in [-0.3, -0.25) is 0 Å². The summed E-state index contributed by atoms with van der Waals surface area (Å²) in [5, 5.41) is 19.4. The van der Waals surface area contributed by atoms with Gasteiger partial charge < -0.3 is 29.2 Å². The van der Waals surface area contributed by atoms with Gasteiger partial charge in [-0.2, -0.15) is 0 Å². The van der Waals surface area contributed by atoms with E-state index in [2.05, 4.69) is 0 Å². The summed E-state index contributed by atoms with van der Waals surface area (Å²) in [6.07, 6.45) is 0. The van der Waals surface area contributed by atoms with Crippen LogP contribution in [0.3, 0.4) is 0 Å². The highest BCUT2D eigenvalue weighted by Crippen LogP contribution is 2.38. The summed E-state index contributed by atoms with van der Waals surface area (Å²) in [6.45, 7) is 1.36. The van der Waals surface area contributed by atoms with Crippen molar-refractivity contribution in [3.05, 3.63) is 12.1 Å². The molecule has 1 aromatic rings. The van der Waals surface area contributed by atoms with Gasteiger partial charge in [-0.15, -0.1) is 0 Å². The molecular weight excluding hydrogens is 240 g/mol. The maximum absolute atomic E-state index is 9.68. The predicted octanol–water partition coefficient (Wildman–Crippen LogP) is 1.15. The number of hydrogen-bond acceptors (Lipinski definition) is 6. The van der Waals surface area contributed by atoms with Gasteiger partial charge in [0.1, 0.15) is 13.2 Å². The third-order valence-electron chi connectivity index (χ3n) is 2.13. The third-order valence-corrected chi connectivity index (χ3v) is 2.13. The van der Waals surface area contributed by atoms with E-state index in [0.717, 1.165) is 0 Å². The first-order chi connectivity index (χ1) is 8.69. The van der Waals surface area contributed by atoms with Crippen molar-refractivity contribution in [3.8, 4) is 23.0 Å². The molecule has 0 heterocycles. The van der Waals surface area contributed by atoms with Crippen molar-refractivity contribution in [2.24, 2.45) is 0 Å². The number of methoxy groups -OCH3 is 2. The molecule has 102 valence electrons. The Hall–Kier alpha value is -1.66. The molecule has 0 aromatic heterocycles. The Morgan fingerprint density at radius 2 is 1.17 bits per heavy atom. The van der Waals surface area contributed by atoms with Crippen LogP contribution in [0, 0.1) is 0 Å². The molecule has 1 rings (SSSR count). The molecule has 0 spiro atoms. The second-order valence-electron chi connectivity index (χ2n) is 3.47. The monoisotopic (exact) mass is 258 g/mol. The van der Waals surface area contributed by atoms with Crippen molar-refractivity contribution < 1.29 is 29.2 Å². The minimum absolute atomic E-state index is 0.101. The Balaban J connectivity index is 2.64. The van der Waals surface area contributed by atoms with E-state index < -0.39 is 0 Å². The zero-order valence-electron chi connectivity index (χ0n) is 10.5. The fraction of sp³-hybridized carbons (Fsp3) is 0.500. The van der Waals surface area contributed by atoms with E-state index in [0.29, 0.717) is 13.2 Å². The Labute approximate surface area is 106 Å². The van der Waals surface area contributed by atoms with Crippen molar-refractivity contribution >= 4 is 0 Å². The number of hydrogen-bond donors (Lipinski definition) is 2. The van der Waals surface area contributed by atoms with Gasteiger partial charge in [0.15, 0.2) is 23.0 Å². The number of phenols is 2. The molecule has 1 aromatic carbocycles. The van der Waals surface area contributed by atoms with Crippen LogP contribution >= 0.6 is 0 Å². The SMILES string of the molecule is COCCOc1cc(O)c(OCCOC)cc1O. The second kappa shape index (κ2) is 7.62. The summed E-state index contributed by atoms with van der Waals surface area (Å²) in [5.74, 6) is 0.167. The molecule has 6 nitrogen and oxygen atoms in total. The van der Waals surface area contributed by atoms with Gasteiger partial charge in [-0.1, -0.05) is 0 Å². The Bertz CT molecular complexity index is 330. The smallest absolute Gasteiger partial charge is 0.165 e. The molecule has 0 aliphatic heterocycles. The molecule has 18 heavy (non-hydrogen) atoms. The van der Waals surface area contributed by atoms with Crippen LogP contribution in [0.5, 0.6) is 23.0 Å². The van der Waals surface area contributed by atoms with Crippen molar-refractivity contribution in [3.63, 3.8) is 0 Å². The molecule has 0 saturated heterocycles. The van der Waals surface area contributed by atoms with E-state index in [1.165, 1.54) is 12.1 Å². The minimum Gasteiger partial charge on any atom is -0.504 e. The van der Waals surface area contributed by atoms with Crippen LogP contribution in [0.4, 0.5) is 0 Å². The van der Waals surface area contributed by atoms with Crippen LogP contribution in [0.2, 0.25) is 0 Å². The first kappa shape index (κ1) is 14.4. The van der Waals surface area contributed by atoms with Gasteiger partial charge in [0.2, 0.25) is 0 Å². The van der Waals surface area contributed by atoms with Gasteiger partial charge in [0, 0.05) is 26.4 Å². The highest BCUT2D eigenvalue weighted by Gasteiger charge is 2.10. The summed E-state index contributed by atoms with van der Waals surface area (Å²) >= 11 is 0. The zero-order valence-corrected chi connectivity index (χ0v) is 10.5. The Morgan fingerprint density at radius 3 is 1.50 bits per heavy atom. The van der Waals surface area contributed by atoms with Gasteiger partial charge in [-0.25, -0.2) is 0 Å². The number of aromatic hydroxyl groups is 2. The largest absolute Gasteiger partial charge is 0.504 e. The van der Waals surface area contributed by atoms with Crippen molar-refractivity contribution in [2.75, 3.05) is 40.6 Å². The molecular formula is C12H18O6. The normalized spacial score (nSPS) is 10.3. The lowest BCUT2D eigenvalue weighted by Crippen LogP contribution is -2.06. The molecule has 2 N–H and O–H groups in total. The van der Waals surface area contributed by atoms with E-state index in [1.807, 2.05) is 0 Å². The molecule has 0 bridgehead atoms. The average molecular weight is 258 g/mol. The molecule has 6 heteroatoms. The second-order valence-corrected chi connectivity index (χ2v) is 3.47. The molecule has 0 unspecified atom stereocenters. The topological polar surface area (TPSA) is 77.4 Å². The van der Waals surface area contributed by atoms with Gasteiger partial charge in [-0.05, 0) is 0 Å². The molecule has 0 aliphatic carbocycles. The van der Waals surface area contributed by atoms with Crippen LogP contribution in [0.25, 0.3) is 0 Å². The Kier molecular flexibility index (Phi) is 6.10. The highest BCUT2D eigenvalue weighted by molar-refractivity contribution is 5.52. The lowest BCUT2D eigenvalue weighted by molar-refractivity contribution is 0.141. The number of ether oxygens (including phenoxy) is 4. The standard InChI is InChI=1S/C12H18O6/c1-15-3-5-17-11-7-10(14)12(8-9(11)13)18-6-4-16-2/h7-8,13-14H,3-6H2,1-2H3. The van der Waals surface area contributed by atoms with Crippen LogP contribution in [-0.2, 0) is 9.47 Å². The number of phenolic OH excluding ortho intramolecular Hbond substituents is 2. The summed E-state index contributed by atoms with van der Waals surface area (Å²) in [4.78, 5) is 0. The van der Waals surface area contributed by atoms with E-state index in [1.54, 1.807) is 14.2 Å². The van der Waals surface area contributed by atoms with Crippen molar-refractivity contribution in [1.82, 2.24) is 0 Å². The van der Waals surface area contributed by atoms with Gasteiger partial charge in [0.25, 0.3) is 0 Å². The predicted molar refractivity (Wildman–Crippen MR) is 64.5 cm³/mol. The van der Waals surface area contributed by atoms with Gasteiger partial charge in [0.05, 0.1) is 13.2 Å². The van der Waals surface area contributed by atoms with E-state index in [-0.39, 0.29) is 36.2 Å². The summed E-state index contributed by atoms with van der Waals surface area (Å²) in [5.41, 5.74) is 0. The highest BCUT2D eigenvalue weighted by atomic mass is 16.5. The number of rotatable bonds is 8. The van der Waals surface area contributed by atoms with Crippen LogP contribution in [0.1, 0.15) is 0 Å². The molecule has 0 saturated carbocycles. The fourth-order valence-corrected chi connectivity index (χ4v) is 1.24. The maximum Gasteiger partial charge on any atom is 0.165 e. The van der Waals surface area contributed by atoms with E-state index in [4.69, 9.17) is 18.9 Å². The average Bonchev–Trinajstić information content (AvgIpc) is 2.35. The molecule has 0 fully saturated rings. The van der Waals surface area contributed by atoms with Gasteiger partial charge >= 0.3 is 0 Å². The van der Waals surface area contributed by atoms with E-state index >= 15 is 0 Å². The first-order valence-electron chi connectivity index (χ1n) is 5.48. The molecule has 0 aliphatic rings. The summed E-state index contributed by atoms with van der Waals surface area (Å²) < 4.78 is 20.1. The summed E-state index contributed by atoms with van der Waals surface area (Å²) in [6, 6.07) is 2.60. The quantitative estimate of drug-likeness (QED) is 0.538. The Morgan fingerprint density at radius 1 is 0.778 bits per heavy atom. The third kappa shape index (κ3) is 4.31. The maximum atomic E-state index is 9.68. The van der Waals surface area contributed by atoms with Crippen LogP contribution < -0.4 is 9.47 Å². The first-order valence-corrected chi connectivity index (χ1v) is 5.48. The lowest BCUT2D eigenvalue weighted by atomic mass is 10.2. The zero-order chi connectivity index (χ0) is 13.4. The minimum atomic E-state index is -0.101. The van der Waals surface area contributed by atoms with E-state index in [9.17, 15) is 10.2 Å². The lowest BCUT2D eigenvalue weighted by Gasteiger charge is -2.12. The fourth-order valence-electron chi connectivity index (χ4n) is 1.24. The molecule has 0 amide bonds. The van der Waals surface area contributed by atoms with Crippen molar-refractivity contribution in [1.29, 1.82) is 0 Å². The van der Waals surface area contributed by atoms with Crippen LogP contribution in [0.15, 0.2) is 12.1 Å². The van der Waals surface area contributed by atoms with Crippen LogP contribution in [-0.4, -0.2) is 50.9 Å². The molecule has 0 radical (unpaired) electrons. The van der Waals surface area contributed by atoms with Crippen molar-refractivity contribution in [2.45, 2.75) is 0 Å².